The number of hydrogen-bond donors (Lipinski definition) is 3. The van der Waals surface area contributed by atoms with Crippen LogP contribution in [0.25, 0.3) is 11.0 Å². The predicted molar refractivity (Wildman–Crippen MR) is 100 cm³/mol. The first-order valence-corrected chi connectivity index (χ1v) is 8.93. The second-order valence-electron chi connectivity index (χ2n) is 6.65. The smallest absolute Gasteiger partial charge is 0.335 e. The highest BCUT2D eigenvalue weighted by Crippen LogP contribution is 2.31. The molecule has 27 heavy (non-hydrogen) atoms. The molecule has 0 radical (unpaired) electrons. The maximum absolute atomic E-state index is 12.7. The molecule has 4 rings (SSSR count). The van der Waals surface area contributed by atoms with Gasteiger partial charge in [0.1, 0.15) is 5.82 Å². The molecule has 0 aliphatic carbocycles. The lowest BCUT2D eigenvalue weighted by atomic mass is 10.1. The molecule has 7 nitrogen and oxygen atoms in total. The Morgan fingerprint density at radius 2 is 1.96 bits per heavy atom. The Morgan fingerprint density at radius 3 is 2.70 bits per heavy atom. The molecule has 7 heteroatoms. The minimum absolute atomic E-state index is 0.0632. The molecule has 1 atom stereocenters. The molecular weight excluding hydrogens is 344 g/mol. The van der Waals surface area contributed by atoms with E-state index in [0.717, 1.165) is 35.3 Å². The molecule has 2 aromatic carbocycles. The highest BCUT2D eigenvalue weighted by molar-refractivity contribution is 5.87. The Balaban J connectivity index is 1.43. The van der Waals surface area contributed by atoms with Crippen LogP contribution in [-0.2, 0) is 6.54 Å². The number of fused-ring (bicyclic) bond motifs is 1. The van der Waals surface area contributed by atoms with E-state index in [-0.39, 0.29) is 17.6 Å². The number of aromatic nitrogens is 2. The van der Waals surface area contributed by atoms with Crippen molar-refractivity contribution in [3.63, 3.8) is 0 Å². The van der Waals surface area contributed by atoms with Crippen molar-refractivity contribution in [2.24, 2.45) is 0 Å². The number of nitrogens with one attached hydrogen (secondary N) is 2. The van der Waals surface area contributed by atoms with Crippen molar-refractivity contribution in [2.45, 2.75) is 25.4 Å². The molecule has 0 saturated carbocycles. The van der Waals surface area contributed by atoms with Crippen LogP contribution in [0.3, 0.4) is 0 Å². The molecule has 3 aromatic rings. The van der Waals surface area contributed by atoms with Gasteiger partial charge in [0.25, 0.3) is 0 Å². The molecule has 3 N–H and O–H groups in total. The number of rotatable bonds is 4. The molecule has 1 aliphatic rings. The normalized spacial score (nSPS) is 16.6. The molecule has 1 fully saturated rings. The van der Waals surface area contributed by atoms with Crippen LogP contribution >= 0.6 is 0 Å². The standard InChI is InChI=1S/C20H20N4O3/c25-19(26)14-9-7-13(8-10-14)12-21-20(27)24-11-3-6-17(24)18-22-15-4-1-2-5-16(15)23-18/h1-2,4-5,7-10,17H,3,6,11-12H2,(H,21,27)(H,22,23)(H,25,26). The van der Waals surface area contributed by atoms with E-state index in [2.05, 4.69) is 15.3 Å². The summed E-state index contributed by atoms with van der Waals surface area (Å²) in [6.45, 7) is 1.04. The number of aromatic carboxylic acids is 1. The number of likely N-dealkylation sites (tertiary alicyclic amines) is 1. The number of aromatic amines is 1. The van der Waals surface area contributed by atoms with Crippen molar-refractivity contribution in [1.29, 1.82) is 0 Å². The summed E-state index contributed by atoms with van der Waals surface area (Å²) < 4.78 is 0. The number of carbonyl (C=O) groups is 2. The van der Waals surface area contributed by atoms with Crippen LogP contribution < -0.4 is 5.32 Å². The van der Waals surface area contributed by atoms with E-state index in [1.54, 1.807) is 12.1 Å². The van der Waals surface area contributed by atoms with Gasteiger partial charge in [-0.3, -0.25) is 0 Å². The molecule has 0 spiro atoms. The Morgan fingerprint density at radius 1 is 1.19 bits per heavy atom. The lowest BCUT2D eigenvalue weighted by Crippen LogP contribution is -2.39. The number of hydrogen-bond acceptors (Lipinski definition) is 3. The Hall–Kier alpha value is -3.35. The first kappa shape index (κ1) is 17.1. The number of H-pyrrole nitrogens is 1. The van der Waals surface area contributed by atoms with Gasteiger partial charge >= 0.3 is 12.0 Å². The third-order valence-corrected chi connectivity index (χ3v) is 4.88. The number of benzene rings is 2. The third kappa shape index (κ3) is 3.48. The number of para-hydroxylation sites is 2. The zero-order valence-electron chi connectivity index (χ0n) is 14.7. The topological polar surface area (TPSA) is 98.3 Å². The molecule has 1 saturated heterocycles. The minimum Gasteiger partial charge on any atom is -0.478 e. The number of carboxylic acid groups (broad SMARTS) is 1. The van der Waals surface area contributed by atoms with Gasteiger partial charge in [0.05, 0.1) is 22.6 Å². The summed E-state index contributed by atoms with van der Waals surface area (Å²) in [7, 11) is 0. The number of imidazole rings is 1. The Labute approximate surface area is 156 Å². The second kappa shape index (κ2) is 7.11. The third-order valence-electron chi connectivity index (χ3n) is 4.88. The monoisotopic (exact) mass is 364 g/mol. The summed E-state index contributed by atoms with van der Waals surface area (Å²) in [6, 6.07) is 14.1. The lowest BCUT2D eigenvalue weighted by molar-refractivity contribution is 0.0697. The van der Waals surface area contributed by atoms with Gasteiger partial charge in [0.15, 0.2) is 0 Å². The van der Waals surface area contributed by atoms with Gasteiger partial charge < -0.3 is 20.3 Å². The average Bonchev–Trinajstić information content (AvgIpc) is 3.32. The summed E-state index contributed by atoms with van der Waals surface area (Å²) in [5.74, 6) is -0.147. The molecule has 2 amide bonds. The van der Waals surface area contributed by atoms with E-state index < -0.39 is 5.97 Å². The van der Waals surface area contributed by atoms with Crippen LogP contribution in [0, 0.1) is 0 Å². The minimum atomic E-state index is -0.962. The van der Waals surface area contributed by atoms with Crippen LogP contribution in [0.5, 0.6) is 0 Å². The number of amides is 2. The van der Waals surface area contributed by atoms with Gasteiger partial charge in [-0.05, 0) is 42.7 Å². The number of carboxylic acids is 1. The van der Waals surface area contributed by atoms with Crippen LogP contribution in [0.15, 0.2) is 48.5 Å². The summed E-state index contributed by atoms with van der Waals surface area (Å²) >= 11 is 0. The lowest BCUT2D eigenvalue weighted by Gasteiger charge is -2.23. The average molecular weight is 364 g/mol. The zero-order chi connectivity index (χ0) is 18.8. The highest BCUT2D eigenvalue weighted by Gasteiger charge is 2.32. The molecule has 1 aliphatic heterocycles. The SMILES string of the molecule is O=C(O)c1ccc(CNC(=O)N2CCCC2c2nc3ccccc3[nH]2)cc1. The van der Waals surface area contributed by atoms with Crippen molar-refractivity contribution in [3.05, 3.63) is 65.5 Å². The van der Waals surface area contributed by atoms with Crippen molar-refractivity contribution >= 4 is 23.0 Å². The van der Waals surface area contributed by atoms with E-state index in [1.807, 2.05) is 29.2 Å². The van der Waals surface area contributed by atoms with Crippen molar-refractivity contribution in [2.75, 3.05) is 6.54 Å². The van der Waals surface area contributed by atoms with Gasteiger partial charge in [-0.2, -0.15) is 0 Å². The van der Waals surface area contributed by atoms with Crippen molar-refractivity contribution < 1.29 is 14.7 Å². The van der Waals surface area contributed by atoms with Crippen LogP contribution in [0.2, 0.25) is 0 Å². The highest BCUT2D eigenvalue weighted by atomic mass is 16.4. The van der Waals surface area contributed by atoms with E-state index in [9.17, 15) is 9.59 Å². The Bertz CT molecular complexity index is 947. The fourth-order valence-corrected chi connectivity index (χ4v) is 3.47. The van der Waals surface area contributed by atoms with E-state index >= 15 is 0 Å². The fraction of sp³-hybridized carbons (Fsp3) is 0.250. The van der Waals surface area contributed by atoms with Gasteiger partial charge in [-0.15, -0.1) is 0 Å². The molecule has 138 valence electrons. The van der Waals surface area contributed by atoms with Crippen molar-refractivity contribution in [3.8, 4) is 0 Å². The maximum atomic E-state index is 12.7. The van der Waals surface area contributed by atoms with Gasteiger partial charge in [-0.1, -0.05) is 24.3 Å². The number of carbonyl (C=O) groups excluding carboxylic acids is 1. The first-order chi connectivity index (χ1) is 13.1. The molecule has 0 bridgehead atoms. The van der Waals surface area contributed by atoms with Gasteiger partial charge in [0, 0.05) is 13.1 Å². The quantitative estimate of drug-likeness (QED) is 0.661. The number of nitrogens with zero attached hydrogens (tertiary/aromatic N) is 2. The first-order valence-electron chi connectivity index (χ1n) is 8.93. The van der Waals surface area contributed by atoms with Gasteiger partial charge in [-0.25, -0.2) is 14.6 Å². The van der Waals surface area contributed by atoms with Crippen LogP contribution in [0.1, 0.15) is 40.6 Å². The molecular formula is C20H20N4O3. The maximum Gasteiger partial charge on any atom is 0.335 e. The Kier molecular flexibility index (Phi) is 4.50. The molecule has 1 unspecified atom stereocenters. The summed E-state index contributed by atoms with van der Waals surface area (Å²) in [4.78, 5) is 33.3. The van der Waals surface area contributed by atoms with Crippen molar-refractivity contribution in [1.82, 2.24) is 20.2 Å². The second-order valence-corrected chi connectivity index (χ2v) is 6.65. The number of urea groups is 1. The summed E-state index contributed by atoms with van der Waals surface area (Å²) in [5, 5.41) is 11.9. The zero-order valence-corrected chi connectivity index (χ0v) is 14.7. The van der Waals surface area contributed by atoms with E-state index in [0.29, 0.717) is 13.1 Å². The van der Waals surface area contributed by atoms with Gasteiger partial charge in [0.2, 0.25) is 0 Å². The molecule has 2 heterocycles. The largest absolute Gasteiger partial charge is 0.478 e. The van der Waals surface area contributed by atoms with E-state index in [1.165, 1.54) is 12.1 Å². The molecule has 1 aromatic heterocycles. The fourth-order valence-electron chi connectivity index (χ4n) is 3.47. The summed E-state index contributed by atoms with van der Waals surface area (Å²) in [5.41, 5.74) is 2.96. The van der Waals surface area contributed by atoms with Crippen LogP contribution in [0.4, 0.5) is 4.79 Å². The predicted octanol–water partition coefficient (Wildman–Crippen LogP) is 3.31. The summed E-state index contributed by atoms with van der Waals surface area (Å²) in [6.07, 6.45) is 1.81. The van der Waals surface area contributed by atoms with Crippen LogP contribution in [-0.4, -0.2) is 38.5 Å². The van der Waals surface area contributed by atoms with E-state index in [4.69, 9.17) is 5.11 Å².